The van der Waals surface area contributed by atoms with Crippen LogP contribution in [0.15, 0.2) is 9.95 Å². The first kappa shape index (κ1) is 18.2. The monoisotopic (exact) mass is 718 g/mol. The van der Waals surface area contributed by atoms with Gasteiger partial charge in [0.1, 0.15) is 12.2 Å². The van der Waals surface area contributed by atoms with Crippen LogP contribution in [0.25, 0.3) is 0 Å². The van der Waals surface area contributed by atoms with Gasteiger partial charge in [-0.15, -0.1) is 0 Å². The Balaban J connectivity index is 0.000000492. The normalized spacial score (nSPS) is 17.3. The third-order valence-corrected chi connectivity index (χ3v) is 5.54. The number of nitrogens with one attached hydrogen (secondary N) is 1. The minimum absolute atomic E-state index is 0.198. The maximum absolute atomic E-state index is 12.1. The van der Waals surface area contributed by atoms with E-state index in [0.29, 0.717) is 18.5 Å². The zero-order valence-electron chi connectivity index (χ0n) is 9.97. The Hall–Kier alpha value is 2.15. The van der Waals surface area contributed by atoms with E-state index in [4.69, 9.17) is 0 Å². The van der Waals surface area contributed by atoms with E-state index >= 15 is 0 Å². The Kier molecular flexibility index (Phi) is 9.33. The number of rotatable bonds is 2. The first-order valence-electron chi connectivity index (χ1n) is 5.34. The summed E-state index contributed by atoms with van der Waals surface area (Å²) >= 11 is 9.46. The van der Waals surface area contributed by atoms with Crippen molar-refractivity contribution in [3.8, 4) is 0 Å². The van der Waals surface area contributed by atoms with E-state index in [-0.39, 0.29) is 5.56 Å². The summed E-state index contributed by atoms with van der Waals surface area (Å²) in [5, 5.41) is 1.57. The Morgan fingerprint density at radius 1 is 1.56 bits per heavy atom. The molecule has 0 bridgehead atoms. The molecule has 18 heavy (non-hydrogen) atoms. The van der Waals surface area contributed by atoms with Crippen LogP contribution in [0.3, 0.4) is 0 Å². The summed E-state index contributed by atoms with van der Waals surface area (Å²) in [6, 6.07) is 0. The zero-order valence-corrected chi connectivity index (χ0v) is 19.4. The Labute approximate surface area is 155 Å². The molecule has 1 unspecified atom stereocenters. The molecule has 0 spiro atoms. The van der Waals surface area contributed by atoms with Crippen molar-refractivity contribution in [3.05, 3.63) is 21.6 Å². The van der Waals surface area contributed by atoms with Gasteiger partial charge < -0.3 is 0 Å². The maximum atomic E-state index is 12.1. The summed E-state index contributed by atoms with van der Waals surface area (Å²) in [6.07, 6.45) is 0.807. The van der Waals surface area contributed by atoms with E-state index in [9.17, 15) is 4.79 Å². The van der Waals surface area contributed by atoms with Gasteiger partial charge in [0, 0.05) is 4.43 Å². The van der Waals surface area contributed by atoms with Crippen LogP contribution >= 0.6 is 71.6 Å². The number of fused-ring (bicyclic) bond motifs is 1. The van der Waals surface area contributed by atoms with E-state index in [1.54, 1.807) is 11.8 Å². The van der Waals surface area contributed by atoms with Crippen molar-refractivity contribution in [1.82, 2.24) is 4.57 Å². The van der Waals surface area contributed by atoms with Gasteiger partial charge in [-0.25, -0.2) is 9.78 Å². The first-order chi connectivity index (χ1) is 8.58. The van der Waals surface area contributed by atoms with Crippen molar-refractivity contribution in [2.75, 3.05) is 4.43 Å². The molecule has 1 aliphatic rings. The molecule has 0 saturated heterocycles. The Morgan fingerprint density at radius 3 is 2.67 bits per heavy atom. The molecule has 0 aliphatic carbocycles. The van der Waals surface area contributed by atoms with Gasteiger partial charge in [0.2, 0.25) is 0 Å². The van der Waals surface area contributed by atoms with E-state index in [1.165, 1.54) is 0 Å². The second-order valence-electron chi connectivity index (χ2n) is 3.75. The average molecular weight is 718 g/mol. The molecule has 1 aromatic rings. The molecule has 8 heteroatoms. The molecule has 1 aromatic heterocycles. The van der Waals surface area contributed by atoms with Crippen molar-refractivity contribution < 1.29 is 18.2 Å². The van der Waals surface area contributed by atoms with Crippen LogP contribution in [0.2, 0.25) is 0 Å². The van der Waals surface area contributed by atoms with Crippen molar-refractivity contribution in [2.45, 2.75) is 37.2 Å². The van der Waals surface area contributed by atoms with Gasteiger partial charge in [-0.2, -0.15) is 4.57 Å². The molecule has 0 radical (unpaired) electrons. The van der Waals surface area contributed by atoms with Crippen LogP contribution in [0.4, 0.5) is 0 Å². The predicted octanol–water partition coefficient (Wildman–Crippen LogP) is 0.218. The van der Waals surface area contributed by atoms with Gasteiger partial charge in [0.25, 0.3) is 0 Å². The standard InChI is InChI=1S/C10H13IN2OS.I3/c1-3-8-6(2)12-10-13(9(8)14)5-7(4-11)15-10;1-3-2/h7H,3-5H2,1-2H3;/q;-1/p+1. The molecule has 2 rings (SSSR count). The molecule has 2 heterocycles. The summed E-state index contributed by atoms with van der Waals surface area (Å²) < 4.78 is 2.97. The van der Waals surface area contributed by atoms with Crippen molar-refractivity contribution in [1.29, 1.82) is 0 Å². The second kappa shape index (κ2) is 9.23. The SMILES string of the molecule is CCc1c(C)[nH+]c2n(c1=O)CC(CI)S2.I[I-]I. The van der Waals surface area contributed by atoms with E-state index in [1.807, 2.05) is 18.4 Å². The van der Waals surface area contributed by atoms with E-state index in [2.05, 4.69) is 64.8 Å². The van der Waals surface area contributed by atoms with Gasteiger partial charge in [-0.05, 0) is 25.1 Å². The van der Waals surface area contributed by atoms with Crippen LogP contribution in [0, 0.1) is 6.92 Å². The van der Waals surface area contributed by atoms with E-state index < -0.39 is 0 Å². The third kappa shape index (κ3) is 4.58. The number of halogens is 4. The number of hydrogen-bond donors (Lipinski definition) is 0. The topological polar surface area (TPSA) is 36.1 Å². The fraction of sp³-hybridized carbons (Fsp3) is 0.600. The molecule has 1 aliphatic heterocycles. The molecule has 0 aromatic carbocycles. The van der Waals surface area contributed by atoms with Gasteiger partial charge in [0.05, 0.1) is 10.8 Å². The Bertz CT molecular complexity index is 466. The van der Waals surface area contributed by atoms with E-state index in [0.717, 1.165) is 33.8 Å². The molecule has 3 nitrogen and oxygen atoms in total. The molecule has 1 atom stereocenters. The zero-order chi connectivity index (χ0) is 13.7. The molecule has 0 fully saturated rings. The number of alkyl halides is 1. The van der Waals surface area contributed by atoms with Crippen LogP contribution in [0.5, 0.6) is 0 Å². The number of thioether (sulfide) groups is 1. The number of aryl methyl sites for hydroxylation is 1. The number of hydrogen-bond acceptors (Lipinski definition) is 2. The quantitative estimate of drug-likeness (QED) is 0.250. The molecular formula is C10H14I4N2OS. The number of aromatic nitrogens is 2. The number of H-pyrrole nitrogens is 1. The fourth-order valence-corrected chi connectivity index (χ4v) is 3.79. The summed E-state index contributed by atoms with van der Waals surface area (Å²) in [5.41, 5.74) is 2.15. The van der Waals surface area contributed by atoms with Crippen LogP contribution in [-0.2, 0) is 13.0 Å². The first-order valence-corrected chi connectivity index (χ1v) is 20.3. The van der Waals surface area contributed by atoms with Crippen molar-refractivity contribution in [3.63, 3.8) is 0 Å². The van der Waals surface area contributed by atoms with Crippen molar-refractivity contribution >= 4 is 71.6 Å². The number of nitrogens with zero attached hydrogens (tertiary/aromatic N) is 1. The van der Waals surface area contributed by atoms with Gasteiger partial charge in [-0.1, -0.05) is 29.5 Å². The summed E-state index contributed by atoms with van der Waals surface area (Å²) in [7, 11) is 0. The van der Waals surface area contributed by atoms with Gasteiger partial charge in [0.15, 0.2) is 0 Å². The minimum atomic E-state index is 0.198. The van der Waals surface area contributed by atoms with Crippen LogP contribution < -0.4 is 23.8 Å². The van der Waals surface area contributed by atoms with Crippen LogP contribution in [-0.4, -0.2) is 14.2 Å². The summed E-state index contributed by atoms with van der Waals surface area (Å²) in [5.74, 6) is 0. The summed E-state index contributed by atoms with van der Waals surface area (Å²) in [4.78, 5) is 15.4. The van der Waals surface area contributed by atoms with Gasteiger partial charge >= 0.3 is 61.2 Å². The summed E-state index contributed by atoms with van der Waals surface area (Å²) in [6.45, 7) is 4.87. The Morgan fingerprint density at radius 2 is 2.17 bits per heavy atom. The third-order valence-electron chi connectivity index (χ3n) is 2.69. The molecule has 0 amide bonds. The molecular weight excluding hydrogens is 704 g/mol. The van der Waals surface area contributed by atoms with Crippen molar-refractivity contribution in [2.24, 2.45) is 0 Å². The average Bonchev–Trinajstić information content (AvgIpc) is 2.74. The van der Waals surface area contributed by atoms with Crippen LogP contribution in [0.1, 0.15) is 18.2 Å². The molecule has 1 N–H and O–H groups in total. The molecule has 104 valence electrons. The predicted molar refractivity (Wildman–Crippen MR) is 97.9 cm³/mol. The second-order valence-corrected chi connectivity index (χ2v) is 22.2. The fourth-order valence-electron chi connectivity index (χ4n) is 1.87. The number of aromatic amines is 1. The molecule has 0 saturated carbocycles. The van der Waals surface area contributed by atoms with Gasteiger partial charge in [-0.3, -0.25) is 0 Å².